The highest BCUT2D eigenvalue weighted by atomic mass is 19.1. The maximum absolute atomic E-state index is 13.5. The fourth-order valence-electron chi connectivity index (χ4n) is 1.90. The van der Waals surface area contributed by atoms with Gasteiger partial charge in [-0.25, -0.2) is 13.5 Å². The van der Waals surface area contributed by atoms with E-state index in [1.165, 1.54) is 29.2 Å². The first kappa shape index (κ1) is 13.2. The van der Waals surface area contributed by atoms with Gasteiger partial charge in [0.05, 0.1) is 5.69 Å². The molecule has 0 atom stereocenters. The Bertz CT molecular complexity index is 705. The van der Waals surface area contributed by atoms with Gasteiger partial charge in [0.15, 0.2) is 0 Å². The van der Waals surface area contributed by atoms with Gasteiger partial charge in [-0.15, -0.1) is 5.10 Å². The van der Waals surface area contributed by atoms with Crippen LogP contribution < -0.4 is 5.32 Å². The SMILES string of the molecule is Fc1cccc(F)c1CNc1ccc(-n2cnnn2)cc1. The van der Waals surface area contributed by atoms with Crippen molar-refractivity contribution < 1.29 is 8.78 Å². The van der Waals surface area contributed by atoms with E-state index in [2.05, 4.69) is 20.8 Å². The number of halogens is 2. The summed E-state index contributed by atoms with van der Waals surface area (Å²) in [4.78, 5) is 0. The molecule has 21 heavy (non-hydrogen) atoms. The predicted octanol–water partition coefficient (Wildman–Crippen LogP) is 2.55. The van der Waals surface area contributed by atoms with Gasteiger partial charge in [0.1, 0.15) is 18.0 Å². The van der Waals surface area contributed by atoms with Crippen LogP contribution in [0.3, 0.4) is 0 Å². The quantitative estimate of drug-likeness (QED) is 0.801. The summed E-state index contributed by atoms with van der Waals surface area (Å²) in [5, 5.41) is 13.8. The Hall–Kier alpha value is -2.83. The Morgan fingerprint density at radius 1 is 1.00 bits per heavy atom. The Morgan fingerprint density at radius 2 is 1.71 bits per heavy atom. The first-order chi connectivity index (χ1) is 10.2. The van der Waals surface area contributed by atoms with E-state index in [0.717, 1.165) is 11.4 Å². The summed E-state index contributed by atoms with van der Waals surface area (Å²) >= 11 is 0. The van der Waals surface area contributed by atoms with Crippen molar-refractivity contribution in [1.29, 1.82) is 0 Å². The highest BCUT2D eigenvalue weighted by Gasteiger charge is 2.07. The van der Waals surface area contributed by atoms with Crippen LogP contribution in [0.25, 0.3) is 5.69 Å². The number of anilines is 1. The van der Waals surface area contributed by atoms with E-state index in [-0.39, 0.29) is 12.1 Å². The lowest BCUT2D eigenvalue weighted by Crippen LogP contribution is -2.04. The van der Waals surface area contributed by atoms with E-state index >= 15 is 0 Å². The number of nitrogens with one attached hydrogen (secondary N) is 1. The summed E-state index contributed by atoms with van der Waals surface area (Å²) in [5.41, 5.74) is 1.55. The normalized spacial score (nSPS) is 10.6. The summed E-state index contributed by atoms with van der Waals surface area (Å²) in [7, 11) is 0. The molecule has 0 radical (unpaired) electrons. The molecule has 0 aliphatic carbocycles. The van der Waals surface area contributed by atoms with Gasteiger partial charge in [-0.05, 0) is 46.8 Å². The summed E-state index contributed by atoms with van der Waals surface area (Å²) in [6.07, 6.45) is 1.48. The molecule has 0 spiro atoms. The maximum Gasteiger partial charge on any atom is 0.143 e. The van der Waals surface area contributed by atoms with Gasteiger partial charge in [0.25, 0.3) is 0 Å². The van der Waals surface area contributed by atoms with Crippen molar-refractivity contribution in [3.63, 3.8) is 0 Å². The van der Waals surface area contributed by atoms with E-state index in [0.29, 0.717) is 0 Å². The molecule has 0 saturated carbocycles. The average Bonchev–Trinajstić information content (AvgIpc) is 3.02. The molecular formula is C14H11F2N5. The topological polar surface area (TPSA) is 55.6 Å². The second kappa shape index (κ2) is 5.66. The third kappa shape index (κ3) is 2.86. The van der Waals surface area contributed by atoms with Crippen LogP contribution in [0.1, 0.15) is 5.56 Å². The minimum Gasteiger partial charge on any atom is -0.381 e. The van der Waals surface area contributed by atoms with Gasteiger partial charge in [-0.1, -0.05) is 6.07 Å². The smallest absolute Gasteiger partial charge is 0.143 e. The molecule has 7 heteroatoms. The molecule has 0 fully saturated rings. The standard InChI is InChI=1S/C14H11F2N5/c15-13-2-1-3-14(16)12(13)8-17-10-4-6-11(7-5-10)21-9-18-19-20-21/h1-7,9,17H,8H2. The molecular weight excluding hydrogens is 276 g/mol. The van der Waals surface area contributed by atoms with Gasteiger partial charge >= 0.3 is 0 Å². The molecule has 106 valence electrons. The van der Waals surface area contributed by atoms with Crippen LogP contribution in [0.2, 0.25) is 0 Å². The molecule has 0 bridgehead atoms. The molecule has 2 aromatic carbocycles. The summed E-state index contributed by atoms with van der Waals surface area (Å²) in [6, 6.07) is 11.0. The summed E-state index contributed by atoms with van der Waals surface area (Å²) in [6.45, 7) is 0.0722. The summed E-state index contributed by atoms with van der Waals surface area (Å²) in [5.74, 6) is -1.12. The van der Waals surface area contributed by atoms with Crippen molar-refractivity contribution in [2.24, 2.45) is 0 Å². The fourth-order valence-corrected chi connectivity index (χ4v) is 1.90. The zero-order chi connectivity index (χ0) is 14.7. The molecule has 3 aromatic rings. The Balaban J connectivity index is 1.71. The van der Waals surface area contributed by atoms with Crippen molar-refractivity contribution in [2.45, 2.75) is 6.54 Å². The lowest BCUT2D eigenvalue weighted by Gasteiger charge is -2.09. The van der Waals surface area contributed by atoms with Crippen molar-refractivity contribution >= 4 is 5.69 Å². The van der Waals surface area contributed by atoms with Crippen LogP contribution in [0.4, 0.5) is 14.5 Å². The number of benzene rings is 2. The minimum absolute atomic E-state index is 0.0158. The first-order valence-corrected chi connectivity index (χ1v) is 6.24. The zero-order valence-electron chi connectivity index (χ0n) is 10.9. The van der Waals surface area contributed by atoms with Crippen LogP contribution >= 0.6 is 0 Å². The predicted molar refractivity (Wildman–Crippen MR) is 72.8 cm³/mol. The molecule has 5 nitrogen and oxygen atoms in total. The van der Waals surface area contributed by atoms with Crippen LogP contribution in [-0.2, 0) is 6.54 Å². The number of nitrogens with zero attached hydrogens (tertiary/aromatic N) is 4. The number of tetrazole rings is 1. The van der Waals surface area contributed by atoms with Gasteiger partial charge in [-0.3, -0.25) is 0 Å². The third-order valence-corrected chi connectivity index (χ3v) is 3.01. The molecule has 1 N–H and O–H groups in total. The number of aromatic nitrogens is 4. The van der Waals surface area contributed by atoms with Crippen molar-refractivity contribution in [1.82, 2.24) is 20.2 Å². The minimum atomic E-state index is -0.562. The number of hydrogen-bond acceptors (Lipinski definition) is 4. The first-order valence-electron chi connectivity index (χ1n) is 6.24. The van der Waals surface area contributed by atoms with Crippen molar-refractivity contribution in [3.8, 4) is 5.69 Å². The number of rotatable bonds is 4. The third-order valence-electron chi connectivity index (χ3n) is 3.01. The molecule has 1 aromatic heterocycles. The Morgan fingerprint density at radius 3 is 2.33 bits per heavy atom. The average molecular weight is 287 g/mol. The number of hydrogen-bond donors (Lipinski definition) is 1. The van der Waals surface area contributed by atoms with Crippen LogP contribution in [-0.4, -0.2) is 20.2 Å². The molecule has 0 amide bonds. The molecule has 0 unspecified atom stereocenters. The largest absolute Gasteiger partial charge is 0.381 e. The maximum atomic E-state index is 13.5. The summed E-state index contributed by atoms with van der Waals surface area (Å²) < 4.78 is 28.5. The molecule has 0 aliphatic rings. The second-order valence-corrected chi connectivity index (χ2v) is 4.36. The Labute approximate surface area is 119 Å². The van der Waals surface area contributed by atoms with Crippen molar-refractivity contribution in [2.75, 3.05) is 5.32 Å². The van der Waals surface area contributed by atoms with E-state index in [1.54, 1.807) is 24.3 Å². The highest BCUT2D eigenvalue weighted by Crippen LogP contribution is 2.16. The Kier molecular flexibility index (Phi) is 3.55. The van der Waals surface area contributed by atoms with Crippen molar-refractivity contribution in [3.05, 3.63) is 66.0 Å². The van der Waals surface area contributed by atoms with Gasteiger partial charge < -0.3 is 5.32 Å². The molecule has 0 aliphatic heterocycles. The lowest BCUT2D eigenvalue weighted by atomic mass is 10.2. The molecule has 0 saturated heterocycles. The van der Waals surface area contributed by atoms with Crippen LogP contribution in [0.5, 0.6) is 0 Å². The van der Waals surface area contributed by atoms with E-state index in [9.17, 15) is 8.78 Å². The monoisotopic (exact) mass is 287 g/mol. The fraction of sp³-hybridized carbons (Fsp3) is 0.0714. The molecule has 1 heterocycles. The van der Waals surface area contributed by atoms with E-state index < -0.39 is 11.6 Å². The highest BCUT2D eigenvalue weighted by molar-refractivity contribution is 5.48. The van der Waals surface area contributed by atoms with Gasteiger partial charge in [0.2, 0.25) is 0 Å². The van der Waals surface area contributed by atoms with Crippen LogP contribution in [0, 0.1) is 11.6 Å². The lowest BCUT2D eigenvalue weighted by molar-refractivity contribution is 0.560. The van der Waals surface area contributed by atoms with E-state index in [4.69, 9.17) is 0 Å². The zero-order valence-corrected chi connectivity index (χ0v) is 10.9. The molecule has 3 rings (SSSR count). The second-order valence-electron chi connectivity index (χ2n) is 4.36. The van der Waals surface area contributed by atoms with E-state index in [1.807, 2.05) is 0 Å². The van der Waals surface area contributed by atoms with Crippen LogP contribution in [0.15, 0.2) is 48.8 Å². The van der Waals surface area contributed by atoms with Gasteiger partial charge in [0, 0.05) is 17.8 Å². The van der Waals surface area contributed by atoms with Gasteiger partial charge in [-0.2, -0.15) is 0 Å².